The van der Waals surface area contributed by atoms with Gasteiger partial charge in [-0.1, -0.05) is 18.2 Å². The van der Waals surface area contributed by atoms with Crippen molar-refractivity contribution in [3.05, 3.63) is 64.1 Å². The van der Waals surface area contributed by atoms with Gasteiger partial charge in [-0.25, -0.2) is 21.9 Å². The third-order valence-corrected chi connectivity index (χ3v) is 5.44. The van der Waals surface area contributed by atoms with Gasteiger partial charge in [0.1, 0.15) is 11.6 Å². The Morgan fingerprint density at radius 2 is 1.81 bits per heavy atom. The van der Waals surface area contributed by atoms with Gasteiger partial charge in [-0.15, -0.1) is 0 Å². The van der Waals surface area contributed by atoms with Crippen LogP contribution < -0.4 is 4.72 Å². The van der Waals surface area contributed by atoms with Crippen LogP contribution in [0.15, 0.2) is 51.8 Å². The summed E-state index contributed by atoms with van der Waals surface area (Å²) in [5.74, 6) is -1.51. The lowest BCUT2D eigenvalue weighted by atomic mass is 10.1. The molecule has 3 nitrogen and oxygen atoms in total. The maximum Gasteiger partial charge on any atom is 0.242 e. The second kappa shape index (κ2) is 6.21. The summed E-state index contributed by atoms with van der Waals surface area (Å²) in [4.78, 5) is 0.0550. The van der Waals surface area contributed by atoms with Crippen LogP contribution in [-0.4, -0.2) is 8.42 Å². The predicted molar refractivity (Wildman–Crippen MR) is 79.2 cm³/mol. The van der Waals surface area contributed by atoms with Gasteiger partial charge >= 0.3 is 0 Å². The summed E-state index contributed by atoms with van der Waals surface area (Å²) in [6, 6.07) is 8.49. The summed E-state index contributed by atoms with van der Waals surface area (Å²) in [6.07, 6.45) is 0. The third kappa shape index (κ3) is 3.66. The quantitative estimate of drug-likeness (QED) is 0.883. The SMILES string of the molecule is C[C@H](NS(=O)(=O)c1ccccc1Br)c1ccc(F)cc1F. The highest BCUT2D eigenvalue weighted by molar-refractivity contribution is 9.10. The van der Waals surface area contributed by atoms with E-state index in [9.17, 15) is 17.2 Å². The maximum absolute atomic E-state index is 13.7. The van der Waals surface area contributed by atoms with Crippen LogP contribution in [0.4, 0.5) is 8.78 Å². The minimum absolute atomic E-state index is 0.0550. The minimum atomic E-state index is -3.82. The molecule has 0 aliphatic heterocycles. The molecule has 0 spiro atoms. The first kappa shape index (κ1) is 16.1. The highest BCUT2D eigenvalue weighted by Gasteiger charge is 2.22. The molecule has 0 fully saturated rings. The minimum Gasteiger partial charge on any atom is -0.207 e. The van der Waals surface area contributed by atoms with Crippen LogP contribution >= 0.6 is 15.9 Å². The highest BCUT2D eigenvalue weighted by atomic mass is 79.9. The molecule has 0 bridgehead atoms. The predicted octanol–water partition coefficient (Wildman–Crippen LogP) is 3.77. The van der Waals surface area contributed by atoms with Crippen LogP contribution in [0.2, 0.25) is 0 Å². The van der Waals surface area contributed by atoms with E-state index >= 15 is 0 Å². The Kier molecular flexibility index (Phi) is 4.75. The zero-order valence-electron chi connectivity index (χ0n) is 11.0. The molecule has 0 radical (unpaired) electrons. The number of rotatable bonds is 4. The van der Waals surface area contributed by atoms with Crippen LogP contribution in [0.25, 0.3) is 0 Å². The Balaban J connectivity index is 2.30. The lowest BCUT2D eigenvalue weighted by molar-refractivity contribution is 0.539. The van der Waals surface area contributed by atoms with E-state index < -0.39 is 27.7 Å². The summed E-state index contributed by atoms with van der Waals surface area (Å²) >= 11 is 3.16. The fraction of sp³-hybridized carbons (Fsp3) is 0.143. The van der Waals surface area contributed by atoms with Crippen molar-refractivity contribution in [2.45, 2.75) is 17.9 Å². The maximum atomic E-state index is 13.7. The van der Waals surface area contributed by atoms with Crippen molar-refractivity contribution < 1.29 is 17.2 Å². The average molecular weight is 376 g/mol. The molecule has 0 aromatic heterocycles. The van der Waals surface area contributed by atoms with E-state index in [1.807, 2.05) is 0 Å². The van der Waals surface area contributed by atoms with Gasteiger partial charge in [0.15, 0.2) is 0 Å². The first-order valence-electron chi connectivity index (χ1n) is 6.03. The molecule has 2 aromatic carbocycles. The molecule has 1 N–H and O–H groups in total. The van der Waals surface area contributed by atoms with E-state index in [-0.39, 0.29) is 10.5 Å². The van der Waals surface area contributed by atoms with E-state index in [0.717, 1.165) is 12.1 Å². The second-order valence-electron chi connectivity index (χ2n) is 4.44. The van der Waals surface area contributed by atoms with Crippen molar-refractivity contribution in [2.24, 2.45) is 0 Å². The first-order valence-corrected chi connectivity index (χ1v) is 8.30. The van der Waals surface area contributed by atoms with Crippen LogP contribution in [0.1, 0.15) is 18.5 Å². The van der Waals surface area contributed by atoms with Crippen LogP contribution in [0.3, 0.4) is 0 Å². The Labute approximate surface area is 130 Å². The average Bonchev–Trinajstić information content (AvgIpc) is 2.38. The van der Waals surface area contributed by atoms with Crippen LogP contribution in [0.5, 0.6) is 0 Å². The summed E-state index contributed by atoms with van der Waals surface area (Å²) < 4.78 is 53.9. The highest BCUT2D eigenvalue weighted by Crippen LogP contribution is 2.24. The lowest BCUT2D eigenvalue weighted by Gasteiger charge is -2.16. The fourth-order valence-corrected chi connectivity index (χ4v) is 4.10. The molecule has 112 valence electrons. The monoisotopic (exact) mass is 375 g/mol. The molecular formula is C14H12BrF2NO2S. The number of halogens is 3. The number of hydrogen-bond donors (Lipinski definition) is 1. The molecule has 0 saturated heterocycles. The molecule has 0 aliphatic carbocycles. The Morgan fingerprint density at radius 1 is 1.14 bits per heavy atom. The van der Waals surface area contributed by atoms with E-state index in [2.05, 4.69) is 20.7 Å². The van der Waals surface area contributed by atoms with Crippen molar-refractivity contribution in [3.8, 4) is 0 Å². The van der Waals surface area contributed by atoms with Crippen molar-refractivity contribution in [2.75, 3.05) is 0 Å². The number of nitrogens with one attached hydrogen (secondary N) is 1. The van der Waals surface area contributed by atoms with Crippen molar-refractivity contribution in [1.29, 1.82) is 0 Å². The van der Waals surface area contributed by atoms with Crippen molar-refractivity contribution in [3.63, 3.8) is 0 Å². The summed E-state index contributed by atoms with van der Waals surface area (Å²) in [5.41, 5.74) is 0.0760. The summed E-state index contributed by atoms with van der Waals surface area (Å²) in [6.45, 7) is 1.49. The molecule has 1 atom stereocenters. The zero-order valence-corrected chi connectivity index (χ0v) is 13.4. The topological polar surface area (TPSA) is 46.2 Å². The summed E-state index contributed by atoms with van der Waals surface area (Å²) in [7, 11) is -3.82. The van der Waals surface area contributed by atoms with E-state index in [1.54, 1.807) is 18.2 Å². The largest absolute Gasteiger partial charge is 0.242 e. The number of hydrogen-bond acceptors (Lipinski definition) is 2. The van der Waals surface area contributed by atoms with Gasteiger partial charge in [-0.05, 0) is 41.1 Å². The number of sulfonamides is 1. The van der Waals surface area contributed by atoms with Gasteiger partial charge in [0, 0.05) is 22.1 Å². The van der Waals surface area contributed by atoms with E-state index in [4.69, 9.17) is 0 Å². The Bertz CT molecular complexity index is 765. The van der Waals surface area contributed by atoms with E-state index in [1.165, 1.54) is 19.1 Å². The van der Waals surface area contributed by atoms with Gasteiger partial charge in [0.2, 0.25) is 10.0 Å². The Hall–Kier alpha value is -1.31. The van der Waals surface area contributed by atoms with E-state index in [0.29, 0.717) is 4.47 Å². The normalized spacial score (nSPS) is 13.1. The molecular weight excluding hydrogens is 364 g/mol. The van der Waals surface area contributed by atoms with Gasteiger partial charge in [0.05, 0.1) is 4.90 Å². The van der Waals surface area contributed by atoms with Crippen molar-refractivity contribution in [1.82, 2.24) is 4.72 Å². The van der Waals surface area contributed by atoms with Gasteiger partial charge in [0.25, 0.3) is 0 Å². The second-order valence-corrected chi connectivity index (χ2v) is 6.98. The van der Waals surface area contributed by atoms with Crippen LogP contribution in [-0.2, 0) is 10.0 Å². The molecule has 0 amide bonds. The number of benzene rings is 2. The van der Waals surface area contributed by atoms with Gasteiger partial charge in [-0.2, -0.15) is 0 Å². The van der Waals surface area contributed by atoms with Crippen molar-refractivity contribution >= 4 is 26.0 Å². The first-order chi connectivity index (χ1) is 9.81. The zero-order chi connectivity index (χ0) is 15.6. The standard InChI is InChI=1S/C14H12BrF2NO2S/c1-9(11-7-6-10(16)8-13(11)17)18-21(19,20)14-5-3-2-4-12(14)15/h2-9,18H,1H3/t9-/m0/s1. The third-order valence-electron chi connectivity index (χ3n) is 2.89. The van der Waals surface area contributed by atoms with Gasteiger partial charge in [-0.3, -0.25) is 0 Å². The lowest BCUT2D eigenvalue weighted by Crippen LogP contribution is -2.27. The molecule has 0 heterocycles. The molecule has 0 unspecified atom stereocenters. The molecule has 2 rings (SSSR count). The smallest absolute Gasteiger partial charge is 0.207 e. The summed E-state index contributed by atoms with van der Waals surface area (Å²) in [5, 5.41) is 0. The fourth-order valence-electron chi connectivity index (χ4n) is 1.88. The molecule has 0 saturated carbocycles. The molecule has 7 heteroatoms. The molecule has 0 aliphatic rings. The Morgan fingerprint density at radius 3 is 2.43 bits per heavy atom. The van der Waals surface area contributed by atoms with Gasteiger partial charge < -0.3 is 0 Å². The van der Waals surface area contributed by atoms with Crippen LogP contribution in [0, 0.1) is 11.6 Å². The molecule has 2 aromatic rings. The molecule has 21 heavy (non-hydrogen) atoms.